The number of carboxylic acid groups (broad SMARTS) is 1. The van der Waals surface area contributed by atoms with Crippen molar-refractivity contribution in [2.45, 2.75) is 39.0 Å². The number of likely N-dealkylation sites (tertiary alicyclic amines) is 1. The SMILES string of the molecule is CCCC1CCN(C(=O)NCCCC(=O)O)C1. The largest absolute Gasteiger partial charge is 0.481 e. The number of urea groups is 1. The monoisotopic (exact) mass is 242 g/mol. The molecule has 0 bridgehead atoms. The van der Waals surface area contributed by atoms with Gasteiger partial charge >= 0.3 is 12.0 Å². The van der Waals surface area contributed by atoms with Crippen molar-refractivity contribution in [1.29, 1.82) is 0 Å². The quantitative estimate of drug-likeness (QED) is 0.696. The molecule has 1 rings (SSSR count). The second-order valence-electron chi connectivity index (χ2n) is 4.62. The van der Waals surface area contributed by atoms with Gasteiger partial charge in [0, 0.05) is 26.1 Å². The Kier molecular flexibility index (Phi) is 5.80. The molecule has 5 heteroatoms. The van der Waals surface area contributed by atoms with Crippen LogP contribution in [-0.2, 0) is 4.79 Å². The van der Waals surface area contributed by atoms with Crippen molar-refractivity contribution in [3.05, 3.63) is 0 Å². The maximum atomic E-state index is 11.7. The predicted octanol–water partition coefficient (Wildman–Crippen LogP) is 1.68. The maximum Gasteiger partial charge on any atom is 0.317 e. The minimum atomic E-state index is -0.816. The van der Waals surface area contributed by atoms with Crippen LogP contribution in [0.2, 0.25) is 0 Å². The van der Waals surface area contributed by atoms with Crippen LogP contribution in [0, 0.1) is 5.92 Å². The molecule has 0 spiro atoms. The highest BCUT2D eigenvalue weighted by molar-refractivity contribution is 5.74. The molecule has 1 atom stereocenters. The summed E-state index contributed by atoms with van der Waals surface area (Å²) in [5.41, 5.74) is 0. The molecule has 5 nitrogen and oxygen atoms in total. The van der Waals surface area contributed by atoms with E-state index < -0.39 is 5.97 Å². The van der Waals surface area contributed by atoms with Crippen molar-refractivity contribution in [3.8, 4) is 0 Å². The average Bonchev–Trinajstić information content (AvgIpc) is 2.73. The number of aliphatic carboxylic acids is 1. The van der Waals surface area contributed by atoms with E-state index >= 15 is 0 Å². The van der Waals surface area contributed by atoms with Crippen LogP contribution in [0.3, 0.4) is 0 Å². The predicted molar refractivity (Wildman–Crippen MR) is 64.9 cm³/mol. The Balaban J connectivity index is 2.14. The Labute approximate surface area is 102 Å². The summed E-state index contributed by atoms with van der Waals surface area (Å²) < 4.78 is 0. The van der Waals surface area contributed by atoms with Gasteiger partial charge in [0.05, 0.1) is 0 Å². The number of amides is 2. The molecule has 1 fully saturated rings. The van der Waals surface area contributed by atoms with Crippen molar-refractivity contribution < 1.29 is 14.7 Å². The van der Waals surface area contributed by atoms with Crippen LogP contribution in [0.25, 0.3) is 0 Å². The van der Waals surface area contributed by atoms with Crippen molar-refractivity contribution >= 4 is 12.0 Å². The molecule has 1 unspecified atom stereocenters. The fourth-order valence-corrected chi connectivity index (χ4v) is 2.21. The average molecular weight is 242 g/mol. The highest BCUT2D eigenvalue weighted by atomic mass is 16.4. The standard InChI is InChI=1S/C12H22N2O3/c1-2-4-10-6-8-14(9-10)12(17)13-7-3-5-11(15)16/h10H,2-9H2,1H3,(H,13,17)(H,15,16). The van der Waals surface area contributed by atoms with Gasteiger partial charge in [-0.2, -0.15) is 0 Å². The summed E-state index contributed by atoms with van der Waals surface area (Å²) in [6.07, 6.45) is 4.05. The number of carbonyl (C=O) groups excluding carboxylic acids is 1. The van der Waals surface area contributed by atoms with Gasteiger partial charge in [-0.05, 0) is 25.2 Å². The third-order valence-electron chi connectivity index (χ3n) is 3.11. The second-order valence-corrected chi connectivity index (χ2v) is 4.62. The van der Waals surface area contributed by atoms with E-state index in [9.17, 15) is 9.59 Å². The first-order valence-corrected chi connectivity index (χ1v) is 6.38. The third-order valence-corrected chi connectivity index (χ3v) is 3.11. The zero-order valence-electron chi connectivity index (χ0n) is 10.4. The number of carbonyl (C=O) groups is 2. The molecule has 0 saturated carbocycles. The van der Waals surface area contributed by atoms with Crippen molar-refractivity contribution in [2.24, 2.45) is 5.92 Å². The van der Waals surface area contributed by atoms with Gasteiger partial charge in [-0.3, -0.25) is 4.79 Å². The second kappa shape index (κ2) is 7.14. The minimum absolute atomic E-state index is 0.0472. The molecule has 2 amide bonds. The van der Waals surface area contributed by atoms with Gasteiger partial charge in [-0.25, -0.2) is 4.79 Å². The molecule has 1 aliphatic rings. The molecule has 0 radical (unpaired) electrons. The number of rotatable bonds is 6. The van der Waals surface area contributed by atoms with E-state index in [0.29, 0.717) is 18.9 Å². The summed E-state index contributed by atoms with van der Waals surface area (Å²) >= 11 is 0. The lowest BCUT2D eigenvalue weighted by Gasteiger charge is -2.17. The van der Waals surface area contributed by atoms with E-state index in [1.54, 1.807) is 0 Å². The Morgan fingerprint density at radius 1 is 1.47 bits per heavy atom. The lowest BCUT2D eigenvalue weighted by atomic mass is 10.0. The molecule has 17 heavy (non-hydrogen) atoms. The van der Waals surface area contributed by atoms with Gasteiger partial charge in [0.1, 0.15) is 0 Å². The van der Waals surface area contributed by atoms with E-state index in [1.165, 1.54) is 12.8 Å². The van der Waals surface area contributed by atoms with Gasteiger partial charge in [0.15, 0.2) is 0 Å². The van der Waals surface area contributed by atoms with Crippen molar-refractivity contribution in [2.75, 3.05) is 19.6 Å². The van der Waals surface area contributed by atoms with Gasteiger partial charge in [-0.1, -0.05) is 13.3 Å². The Morgan fingerprint density at radius 2 is 2.24 bits per heavy atom. The lowest BCUT2D eigenvalue weighted by molar-refractivity contribution is -0.137. The number of hydrogen-bond donors (Lipinski definition) is 2. The summed E-state index contributed by atoms with van der Waals surface area (Å²) in [5, 5.41) is 11.2. The molecular weight excluding hydrogens is 220 g/mol. The molecule has 98 valence electrons. The fraction of sp³-hybridized carbons (Fsp3) is 0.833. The first-order chi connectivity index (χ1) is 8.13. The van der Waals surface area contributed by atoms with Crippen molar-refractivity contribution in [3.63, 3.8) is 0 Å². The zero-order valence-corrected chi connectivity index (χ0v) is 10.4. The van der Waals surface area contributed by atoms with Crippen LogP contribution in [0.1, 0.15) is 39.0 Å². The van der Waals surface area contributed by atoms with Crippen LogP contribution in [0.15, 0.2) is 0 Å². The molecule has 0 aliphatic carbocycles. The molecule has 0 aromatic carbocycles. The number of nitrogens with zero attached hydrogens (tertiary/aromatic N) is 1. The van der Waals surface area contributed by atoms with Gasteiger partial charge < -0.3 is 15.3 Å². The Morgan fingerprint density at radius 3 is 2.88 bits per heavy atom. The zero-order chi connectivity index (χ0) is 12.7. The molecule has 0 aromatic heterocycles. The Hall–Kier alpha value is -1.26. The number of carboxylic acids is 1. The summed E-state index contributed by atoms with van der Waals surface area (Å²) in [5.74, 6) is -0.173. The van der Waals surface area contributed by atoms with Gasteiger partial charge in [0.25, 0.3) is 0 Å². The Bertz CT molecular complexity index is 268. The van der Waals surface area contributed by atoms with E-state index in [-0.39, 0.29) is 12.5 Å². The van der Waals surface area contributed by atoms with Crippen LogP contribution < -0.4 is 5.32 Å². The van der Waals surface area contributed by atoms with Gasteiger partial charge in [0.2, 0.25) is 0 Å². The summed E-state index contributed by atoms with van der Waals surface area (Å²) in [6.45, 7) is 4.28. The van der Waals surface area contributed by atoms with E-state index in [1.807, 2.05) is 4.90 Å². The fourth-order valence-electron chi connectivity index (χ4n) is 2.21. The van der Waals surface area contributed by atoms with Crippen LogP contribution in [0.4, 0.5) is 4.79 Å². The summed E-state index contributed by atoms with van der Waals surface area (Å²) in [4.78, 5) is 23.8. The normalized spacial score (nSPS) is 19.4. The van der Waals surface area contributed by atoms with E-state index in [4.69, 9.17) is 5.11 Å². The molecular formula is C12H22N2O3. The third kappa shape index (κ3) is 5.06. The van der Waals surface area contributed by atoms with Crippen LogP contribution >= 0.6 is 0 Å². The lowest BCUT2D eigenvalue weighted by Crippen LogP contribution is -2.39. The van der Waals surface area contributed by atoms with E-state index in [2.05, 4.69) is 12.2 Å². The van der Waals surface area contributed by atoms with Crippen LogP contribution in [0.5, 0.6) is 0 Å². The number of nitrogens with one attached hydrogen (secondary N) is 1. The van der Waals surface area contributed by atoms with Crippen LogP contribution in [-0.4, -0.2) is 41.6 Å². The molecule has 1 aliphatic heterocycles. The molecule has 0 aromatic rings. The number of hydrogen-bond acceptors (Lipinski definition) is 2. The molecule has 2 N–H and O–H groups in total. The highest BCUT2D eigenvalue weighted by Crippen LogP contribution is 2.20. The van der Waals surface area contributed by atoms with Crippen molar-refractivity contribution in [1.82, 2.24) is 10.2 Å². The molecule has 1 saturated heterocycles. The summed E-state index contributed by atoms with van der Waals surface area (Å²) in [6, 6.07) is -0.0472. The first-order valence-electron chi connectivity index (χ1n) is 6.38. The maximum absolute atomic E-state index is 11.7. The summed E-state index contributed by atoms with van der Waals surface area (Å²) in [7, 11) is 0. The molecule has 1 heterocycles. The van der Waals surface area contributed by atoms with E-state index in [0.717, 1.165) is 19.5 Å². The first kappa shape index (κ1) is 13.8. The topological polar surface area (TPSA) is 69.6 Å². The minimum Gasteiger partial charge on any atom is -0.481 e. The highest BCUT2D eigenvalue weighted by Gasteiger charge is 2.24. The van der Waals surface area contributed by atoms with Gasteiger partial charge in [-0.15, -0.1) is 0 Å². The smallest absolute Gasteiger partial charge is 0.317 e.